The molecule has 6 rings (SSSR count). The summed E-state index contributed by atoms with van der Waals surface area (Å²) < 4.78 is 47.7. The van der Waals surface area contributed by atoms with Gasteiger partial charge in [0, 0.05) is 23.4 Å². The van der Waals surface area contributed by atoms with E-state index in [4.69, 9.17) is 4.74 Å². The number of amides is 1. The van der Waals surface area contributed by atoms with Crippen molar-refractivity contribution in [3.05, 3.63) is 76.4 Å². The van der Waals surface area contributed by atoms with E-state index < -0.39 is 29.6 Å². The molecule has 2 N–H and O–H groups in total. The number of nitrogens with zero attached hydrogens (tertiary/aromatic N) is 1. The fourth-order valence-corrected chi connectivity index (χ4v) is 8.53. The number of allylic oxidation sites excluding steroid dienone is 2. The number of aliphatic hydroxyl groups excluding tert-OH is 1. The van der Waals surface area contributed by atoms with Gasteiger partial charge in [0.1, 0.15) is 5.75 Å². The first-order valence-corrected chi connectivity index (χ1v) is 18.2. The van der Waals surface area contributed by atoms with Crippen molar-refractivity contribution in [2.45, 2.75) is 128 Å². The third-order valence-corrected chi connectivity index (χ3v) is 11.4. The molecule has 2 bridgehead atoms. The molecule has 2 saturated carbocycles. The van der Waals surface area contributed by atoms with Crippen LogP contribution in [0.15, 0.2) is 54.1 Å². The van der Waals surface area contributed by atoms with Gasteiger partial charge in [-0.05, 0) is 112 Å². The fourth-order valence-electron chi connectivity index (χ4n) is 8.53. The van der Waals surface area contributed by atoms with E-state index in [1.165, 1.54) is 29.2 Å². The van der Waals surface area contributed by atoms with Crippen molar-refractivity contribution in [1.29, 1.82) is 0 Å². The molecule has 50 heavy (non-hydrogen) atoms. The molecule has 2 fully saturated rings. The topological polar surface area (TPSA) is 96.3 Å². The summed E-state index contributed by atoms with van der Waals surface area (Å²) in [6.45, 7) is 5.89. The van der Waals surface area contributed by atoms with Gasteiger partial charge in [0.05, 0.1) is 24.9 Å². The molecule has 0 radical (unpaired) electrons. The third-order valence-electron chi connectivity index (χ3n) is 11.4. The highest BCUT2D eigenvalue weighted by Gasteiger charge is 2.58. The SMILES string of the molecule is CCOC(=O)N(Cc1ccc(OC(F)(F)F)cc1)CC1(O)CCC2c3ccc(cc3C(=O)C3CCCCC3)CC(O)CCC(C)=CCCC21C. The standard InChI is InChI=1S/C40H52F3NO6/c1-4-49-37(47)44(25-28-13-17-32(18-14-28)50-40(41,42)43)26-39(48)22-20-35-33-19-15-29(24-34(33)36(46)30-10-6-5-7-11-30)23-31(45)16-12-27(2)9-8-21-38(35,39)3/h9,13-15,17-19,24,30-31,35,45,48H,4-8,10-12,16,20-23,25-26H2,1-3H3. The number of hydrogen-bond donors (Lipinski definition) is 2. The summed E-state index contributed by atoms with van der Waals surface area (Å²) in [5.41, 5.74) is 2.12. The molecule has 0 heterocycles. The lowest BCUT2D eigenvalue weighted by Gasteiger charge is -2.46. The van der Waals surface area contributed by atoms with E-state index in [0.29, 0.717) is 49.7 Å². The number of carbonyl (C=O) groups excluding carboxylic acids is 2. The first-order chi connectivity index (χ1) is 23.7. The highest BCUT2D eigenvalue weighted by molar-refractivity contribution is 5.99. The number of benzene rings is 2. The Morgan fingerprint density at radius 2 is 1.72 bits per heavy atom. The van der Waals surface area contributed by atoms with Crippen LogP contribution in [0, 0.1) is 11.3 Å². The van der Waals surface area contributed by atoms with Gasteiger partial charge in [-0.3, -0.25) is 4.79 Å². The zero-order valence-electron chi connectivity index (χ0n) is 29.6. The Bertz CT molecular complexity index is 1520. The van der Waals surface area contributed by atoms with Crippen LogP contribution in [0.25, 0.3) is 0 Å². The van der Waals surface area contributed by atoms with E-state index in [-0.39, 0.29) is 43.1 Å². The molecule has 274 valence electrons. The molecule has 2 aromatic rings. The molecule has 4 aliphatic rings. The summed E-state index contributed by atoms with van der Waals surface area (Å²) in [5, 5.41) is 23.7. The number of ether oxygens (including phenoxy) is 2. The molecule has 4 atom stereocenters. The Morgan fingerprint density at radius 3 is 2.40 bits per heavy atom. The Kier molecular flexibility index (Phi) is 12.0. The molecule has 1 amide bonds. The summed E-state index contributed by atoms with van der Waals surface area (Å²) in [6, 6.07) is 11.4. The van der Waals surface area contributed by atoms with Crippen LogP contribution in [-0.4, -0.2) is 58.2 Å². The fraction of sp³-hybridized carbons (Fsp3) is 0.600. The van der Waals surface area contributed by atoms with Crippen molar-refractivity contribution >= 4 is 11.9 Å². The summed E-state index contributed by atoms with van der Waals surface area (Å²) >= 11 is 0. The summed E-state index contributed by atoms with van der Waals surface area (Å²) in [4.78, 5) is 29.1. The van der Waals surface area contributed by atoms with Crippen LogP contribution in [0.2, 0.25) is 0 Å². The lowest BCUT2D eigenvalue weighted by Crippen LogP contribution is -2.53. The molecule has 4 unspecified atom stereocenters. The maximum atomic E-state index is 14.3. The predicted molar refractivity (Wildman–Crippen MR) is 185 cm³/mol. The third kappa shape index (κ3) is 8.91. The number of ketones is 1. The van der Waals surface area contributed by atoms with Crippen molar-refractivity contribution in [3.8, 4) is 5.75 Å². The molecular formula is C40H52F3NO6. The maximum Gasteiger partial charge on any atom is 0.573 e. The molecule has 0 spiro atoms. The first-order valence-electron chi connectivity index (χ1n) is 18.2. The van der Waals surface area contributed by atoms with Gasteiger partial charge in [-0.2, -0.15) is 0 Å². The summed E-state index contributed by atoms with van der Waals surface area (Å²) in [5.74, 6) is -0.460. The number of fused-ring (bicyclic) bond motifs is 8. The number of rotatable bonds is 8. The van der Waals surface area contributed by atoms with Gasteiger partial charge in [0.15, 0.2) is 5.78 Å². The van der Waals surface area contributed by atoms with Crippen LogP contribution in [0.5, 0.6) is 5.75 Å². The van der Waals surface area contributed by atoms with Gasteiger partial charge in [-0.1, -0.05) is 62.1 Å². The van der Waals surface area contributed by atoms with Gasteiger partial charge in [-0.15, -0.1) is 13.2 Å². The Hall–Kier alpha value is -3.37. The average Bonchev–Trinajstić information content (AvgIpc) is 3.32. The first kappa shape index (κ1) is 37.9. The normalized spacial score (nSPS) is 26.4. The van der Waals surface area contributed by atoms with Gasteiger partial charge < -0.3 is 24.6 Å². The minimum atomic E-state index is -4.82. The number of hydrogen-bond acceptors (Lipinski definition) is 6. The van der Waals surface area contributed by atoms with Gasteiger partial charge in [0.25, 0.3) is 0 Å². The zero-order chi connectivity index (χ0) is 36.1. The van der Waals surface area contributed by atoms with E-state index >= 15 is 0 Å². The average molecular weight is 700 g/mol. The lowest BCUT2D eigenvalue weighted by molar-refractivity contribution is -0.274. The van der Waals surface area contributed by atoms with Gasteiger partial charge in [0.2, 0.25) is 0 Å². The maximum absolute atomic E-state index is 14.3. The van der Waals surface area contributed by atoms with Crippen LogP contribution < -0.4 is 4.74 Å². The van der Waals surface area contributed by atoms with E-state index in [1.54, 1.807) is 6.92 Å². The minimum Gasteiger partial charge on any atom is -0.450 e. The van der Waals surface area contributed by atoms with Crippen LogP contribution in [0.1, 0.15) is 124 Å². The number of alkyl halides is 3. The van der Waals surface area contributed by atoms with Crippen molar-refractivity contribution in [2.24, 2.45) is 11.3 Å². The van der Waals surface area contributed by atoms with E-state index in [9.17, 15) is 33.0 Å². The second kappa shape index (κ2) is 15.9. The second-order valence-electron chi connectivity index (χ2n) is 14.9. The van der Waals surface area contributed by atoms with Crippen LogP contribution in [0.3, 0.4) is 0 Å². The number of halogens is 3. The highest BCUT2D eigenvalue weighted by atomic mass is 19.4. The number of aliphatic hydroxyl groups is 2. The molecule has 4 aliphatic carbocycles. The smallest absolute Gasteiger partial charge is 0.450 e. The van der Waals surface area contributed by atoms with Crippen molar-refractivity contribution in [1.82, 2.24) is 4.90 Å². The van der Waals surface area contributed by atoms with Crippen LogP contribution in [0.4, 0.5) is 18.0 Å². The van der Waals surface area contributed by atoms with E-state index in [1.807, 2.05) is 18.2 Å². The number of carbonyl (C=O) groups is 2. The predicted octanol–water partition coefficient (Wildman–Crippen LogP) is 9.05. The number of Topliss-reactive ketones (excluding diaryl/α,β-unsaturated/α-hetero) is 1. The van der Waals surface area contributed by atoms with Gasteiger partial charge >= 0.3 is 12.5 Å². The molecule has 2 aromatic carbocycles. The zero-order valence-corrected chi connectivity index (χ0v) is 29.6. The van der Waals surface area contributed by atoms with Crippen molar-refractivity contribution in [3.63, 3.8) is 0 Å². The molecule has 0 aromatic heterocycles. The van der Waals surface area contributed by atoms with Crippen molar-refractivity contribution < 1.29 is 42.4 Å². The van der Waals surface area contributed by atoms with E-state index in [0.717, 1.165) is 55.2 Å². The van der Waals surface area contributed by atoms with Gasteiger partial charge in [-0.25, -0.2) is 4.79 Å². The Morgan fingerprint density at radius 1 is 1.00 bits per heavy atom. The van der Waals surface area contributed by atoms with Crippen LogP contribution >= 0.6 is 0 Å². The molecule has 0 aliphatic heterocycles. The van der Waals surface area contributed by atoms with E-state index in [2.05, 4.69) is 24.7 Å². The molecule has 7 nitrogen and oxygen atoms in total. The summed E-state index contributed by atoms with van der Waals surface area (Å²) in [6.07, 6.45) is 5.15. The summed E-state index contributed by atoms with van der Waals surface area (Å²) in [7, 11) is 0. The molecular weight excluding hydrogens is 647 g/mol. The molecule has 10 heteroatoms. The monoisotopic (exact) mass is 699 g/mol. The minimum absolute atomic E-state index is 0.00956. The largest absolute Gasteiger partial charge is 0.573 e. The Balaban J connectivity index is 1.52. The Labute approximate surface area is 293 Å². The van der Waals surface area contributed by atoms with Crippen LogP contribution in [-0.2, 0) is 17.7 Å². The molecule has 0 saturated heterocycles. The second-order valence-corrected chi connectivity index (χ2v) is 14.9. The quantitative estimate of drug-likeness (QED) is 0.211. The van der Waals surface area contributed by atoms with Crippen molar-refractivity contribution in [2.75, 3.05) is 13.2 Å². The highest BCUT2D eigenvalue weighted by Crippen LogP contribution is 2.59. The lowest BCUT2D eigenvalue weighted by atomic mass is 9.64.